The molecule has 0 saturated heterocycles. The second kappa shape index (κ2) is 8.40. The predicted octanol–water partition coefficient (Wildman–Crippen LogP) is 5.43. The van der Waals surface area contributed by atoms with Gasteiger partial charge in [-0.25, -0.2) is 4.98 Å². The van der Waals surface area contributed by atoms with Crippen LogP contribution in [0.4, 0.5) is 0 Å². The van der Waals surface area contributed by atoms with Gasteiger partial charge in [-0.15, -0.1) is 0 Å². The minimum absolute atomic E-state index is 0.127. The number of halogens is 1. The molecule has 2 aromatic carbocycles. The van der Waals surface area contributed by atoms with E-state index in [9.17, 15) is 4.79 Å². The van der Waals surface area contributed by atoms with Gasteiger partial charge in [-0.1, -0.05) is 45.8 Å². The summed E-state index contributed by atoms with van der Waals surface area (Å²) in [6.45, 7) is 7.29. The highest BCUT2D eigenvalue weighted by Crippen LogP contribution is 2.27. The first-order chi connectivity index (χ1) is 14.4. The van der Waals surface area contributed by atoms with Gasteiger partial charge in [0.25, 0.3) is 5.91 Å². The third kappa shape index (κ3) is 4.14. The zero-order valence-electron chi connectivity index (χ0n) is 17.2. The van der Waals surface area contributed by atoms with Gasteiger partial charge in [0, 0.05) is 40.3 Å². The number of nitrogens with one attached hydrogen (secondary N) is 1. The van der Waals surface area contributed by atoms with Crippen molar-refractivity contribution in [1.82, 2.24) is 20.1 Å². The van der Waals surface area contributed by atoms with Crippen molar-refractivity contribution >= 4 is 32.7 Å². The molecule has 0 spiro atoms. The Morgan fingerprint density at radius 1 is 1.10 bits per heavy atom. The van der Waals surface area contributed by atoms with Gasteiger partial charge in [0.15, 0.2) is 0 Å². The Balaban J connectivity index is 1.71. The SMILES string of the molecule is CCn1cc(CNC(=O)c2cc(-c3ccc(C)cc3)nc3ccc(Br)cc23)c(C)n1. The number of amides is 1. The van der Waals surface area contributed by atoms with Crippen LogP contribution in [0.1, 0.15) is 34.1 Å². The maximum atomic E-state index is 13.2. The minimum Gasteiger partial charge on any atom is -0.348 e. The molecule has 4 rings (SSSR count). The largest absolute Gasteiger partial charge is 0.348 e. The summed E-state index contributed by atoms with van der Waals surface area (Å²) in [5.74, 6) is -0.127. The molecule has 2 aromatic heterocycles. The van der Waals surface area contributed by atoms with E-state index >= 15 is 0 Å². The molecule has 30 heavy (non-hydrogen) atoms. The quantitative estimate of drug-likeness (QED) is 0.430. The number of hydrogen-bond acceptors (Lipinski definition) is 3. The van der Waals surface area contributed by atoms with Crippen LogP contribution in [-0.2, 0) is 13.1 Å². The summed E-state index contributed by atoms with van der Waals surface area (Å²) >= 11 is 3.51. The van der Waals surface area contributed by atoms with Crippen LogP contribution in [0, 0.1) is 13.8 Å². The van der Waals surface area contributed by atoms with E-state index in [2.05, 4.69) is 45.4 Å². The Bertz CT molecular complexity index is 1230. The van der Waals surface area contributed by atoms with E-state index in [0.29, 0.717) is 12.1 Å². The molecule has 0 saturated carbocycles. The summed E-state index contributed by atoms with van der Waals surface area (Å²) in [7, 11) is 0. The average Bonchev–Trinajstić information content (AvgIpc) is 3.11. The first-order valence-corrected chi connectivity index (χ1v) is 10.7. The second-order valence-electron chi connectivity index (χ2n) is 7.36. The van der Waals surface area contributed by atoms with Crippen LogP contribution < -0.4 is 5.32 Å². The number of hydrogen-bond donors (Lipinski definition) is 1. The Labute approximate surface area is 184 Å². The van der Waals surface area contributed by atoms with E-state index in [-0.39, 0.29) is 5.91 Å². The van der Waals surface area contributed by atoms with Crippen LogP contribution in [0.5, 0.6) is 0 Å². The number of carbonyl (C=O) groups excluding carboxylic acids is 1. The van der Waals surface area contributed by atoms with Crippen molar-refractivity contribution in [3.8, 4) is 11.3 Å². The van der Waals surface area contributed by atoms with E-state index < -0.39 is 0 Å². The lowest BCUT2D eigenvalue weighted by Crippen LogP contribution is -2.23. The topological polar surface area (TPSA) is 59.8 Å². The summed E-state index contributed by atoms with van der Waals surface area (Å²) in [6.07, 6.45) is 1.98. The first kappa shape index (κ1) is 20.3. The van der Waals surface area contributed by atoms with Crippen molar-refractivity contribution in [2.75, 3.05) is 0 Å². The number of pyridine rings is 1. The molecule has 4 aromatic rings. The van der Waals surface area contributed by atoms with Crippen LogP contribution in [0.2, 0.25) is 0 Å². The number of nitrogens with zero attached hydrogens (tertiary/aromatic N) is 3. The van der Waals surface area contributed by atoms with E-state index in [4.69, 9.17) is 4.98 Å². The molecule has 0 aliphatic heterocycles. The molecule has 0 radical (unpaired) electrons. The third-order valence-corrected chi connectivity index (χ3v) is 5.67. The highest BCUT2D eigenvalue weighted by atomic mass is 79.9. The Kier molecular flexibility index (Phi) is 5.68. The highest BCUT2D eigenvalue weighted by molar-refractivity contribution is 9.10. The molecule has 1 N–H and O–H groups in total. The molecule has 152 valence electrons. The molecular formula is C24H23BrN4O. The van der Waals surface area contributed by atoms with E-state index in [1.54, 1.807) is 0 Å². The number of aryl methyl sites for hydroxylation is 3. The summed E-state index contributed by atoms with van der Waals surface area (Å²) in [6, 6.07) is 15.9. The molecule has 0 aliphatic rings. The number of benzene rings is 2. The van der Waals surface area contributed by atoms with E-state index in [0.717, 1.165) is 44.4 Å². The molecule has 0 fully saturated rings. The van der Waals surface area contributed by atoms with Crippen molar-refractivity contribution < 1.29 is 4.79 Å². The highest BCUT2D eigenvalue weighted by Gasteiger charge is 2.15. The maximum Gasteiger partial charge on any atom is 0.252 e. The number of fused-ring (bicyclic) bond motifs is 1. The van der Waals surface area contributed by atoms with Crippen molar-refractivity contribution in [2.45, 2.75) is 33.9 Å². The van der Waals surface area contributed by atoms with Gasteiger partial charge in [-0.05, 0) is 45.0 Å². The third-order valence-electron chi connectivity index (χ3n) is 5.17. The number of aromatic nitrogens is 3. The zero-order chi connectivity index (χ0) is 21.3. The second-order valence-corrected chi connectivity index (χ2v) is 8.28. The van der Waals surface area contributed by atoms with Crippen molar-refractivity contribution in [3.63, 3.8) is 0 Å². The molecule has 0 aliphatic carbocycles. The minimum atomic E-state index is -0.127. The molecule has 6 heteroatoms. The molecule has 1 amide bonds. The van der Waals surface area contributed by atoms with Gasteiger partial charge in [0.05, 0.1) is 22.5 Å². The monoisotopic (exact) mass is 462 g/mol. The van der Waals surface area contributed by atoms with Crippen LogP contribution in [0.3, 0.4) is 0 Å². The lowest BCUT2D eigenvalue weighted by Gasteiger charge is -2.11. The lowest BCUT2D eigenvalue weighted by molar-refractivity contribution is 0.0952. The van der Waals surface area contributed by atoms with Crippen LogP contribution in [0.25, 0.3) is 22.2 Å². The normalized spacial score (nSPS) is 11.1. The summed E-state index contributed by atoms with van der Waals surface area (Å²) in [5.41, 5.74) is 6.30. The van der Waals surface area contributed by atoms with Gasteiger partial charge in [-0.2, -0.15) is 5.10 Å². The van der Waals surface area contributed by atoms with Crippen molar-refractivity contribution in [1.29, 1.82) is 0 Å². The van der Waals surface area contributed by atoms with Gasteiger partial charge in [0.1, 0.15) is 0 Å². The molecular weight excluding hydrogens is 440 g/mol. The van der Waals surface area contributed by atoms with Crippen molar-refractivity contribution in [2.24, 2.45) is 0 Å². The molecule has 0 unspecified atom stereocenters. The average molecular weight is 463 g/mol. The van der Waals surface area contributed by atoms with Crippen LogP contribution in [-0.4, -0.2) is 20.7 Å². The number of carbonyl (C=O) groups is 1. The first-order valence-electron chi connectivity index (χ1n) is 9.93. The van der Waals surface area contributed by atoms with Gasteiger partial charge < -0.3 is 5.32 Å². The van der Waals surface area contributed by atoms with Gasteiger partial charge in [0.2, 0.25) is 0 Å². The predicted molar refractivity (Wildman–Crippen MR) is 123 cm³/mol. The van der Waals surface area contributed by atoms with Crippen molar-refractivity contribution in [3.05, 3.63) is 81.6 Å². The maximum absolute atomic E-state index is 13.2. The summed E-state index contributed by atoms with van der Waals surface area (Å²) < 4.78 is 2.79. The van der Waals surface area contributed by atoms with Crippen LogP contribution in [0.15, 0.2) is 59.2 Å². The van der Waals surface area contributed by atoms with Gasteiger partial charge in [-0.3, -0.25) is 9.48 Å². The Morgan fingerprint density at radius 2 is 1.87 bits per heavy atom. The molecule has 0 atom stereocenters. The fourth-order valence-corrected chi connectivity index (χ4v) is 3.78. The Hall–Kier alpha value is -2.99. The summed E-state index contributed by atoms with van der Waals surface area (Å²) in [5, 5.41) is 8.33. The summed E-state index contributed by atoms with van der Waals surface area (Å²) in [4.78, 5) is 18.0. The smallest absolute Gasteiger partial charge is 0.252 e. The van der Waals surface area contributed by atoms with Gasteiger partial charge >= 0.3 is 0 Å². The number of rotatable bonds is 5. The standard InChI is InChI=1S/C24H23BrN4O/c1-4-29-14-18(16(3)28-29)13-26-24(30)21-12-23(17-7-5-15(2)6-8-17)27-22-10-9-19(25)11-20(21)22/h5-12,14H,4,13H2,1-3H3,(H,26,30). The fourth-order valence-electron chi connectivity index (χ4n) is 3.42. The van der Waals surface area contributed by atoms with E-state index in [1.807, 2.05) is 61.1 Å². The van der Waals surface area contributed by atoms with Crippen LogP contribution >= 0.6 is 15.9 Å². The zero-order valence-corrected chi connectivity index (χ0v) is 18.8. The van der Waals surface area contributed by atoms with E-state index in [1.165, 1.54) is 5.56 Å². The Morgan fingerprint density at radius 3 is 2.57 bits per heavy atom. The molecule has 2 heterocycles. The molecule has 0 bridgehead atoms. The molecule has 5 nitrogen and oxygen atoms in total. The lowest BCUT2D eigenvalue weighted by atomic mass is 10.0. The fraction of sp³-hybridized carbons (Fsp3) is 0.208.